The molecule has 1 N–H and O–H groups in total. The number of halogens is 1. The molecule has 0 fully saturated rings. The van der Waals surface area contributed by atoms with E-state index < -0.39 is 12.1 Å². The van der Waals surface area contributed by atoms with Crippen LogP contribution in [0.1, 0.15) is 28.8 Å². The average Bonchev–Trinajstić information content (AvgIpc) is 3.39. The second-order valence-corrected chi connectivity index (χ2v) is 8.36. The van der Waals surface area contributed by atoms with Crippen molar-refractivity contribution in [1.29, 1.82) is 0 Å². The number of fused-ring (bicyclic) bond motifs is 3. The highest BCUT2D eigenvalue weighted by Gasteiger charge is 2.42. The zero-order valence-corrected chi connectivity index (χ0v) is 19.9. The molecule has 0 radical (unpaired) electrons. The van der Waals surface area contributed by atoms with E-state index in [1.165, 1.54) is 12.4 Å². The Labute approximate surface area is 206 Å². The van der Waals surface area contributed by atoms with Gasteiger partial charge in [0, 0.05) is 22.3 Å². The van der Waals surface area contributed by atoms with E-state index in [1.807, 2.05) is 42.5 Å². The quantitative estimate of drug-likeness (QED) is 0.425. The maximum Gasteiger partial charge on any atom is 0.226 e. The van der Waals surface area contributed by atoms with E-state index in [-0.39, 0.29) is 5.82 Å². The maximum absolute atomic E-state index is 15.3. The molecule has 1 aromatic heterocycles. The summed E-state index contributed by atoms with van der Waals surface area (Å²) in [4.78, 5) is 4.39. The number of para-hydroxylation sites is 1. The lowest BCUT2D eigenvalue weighted by molar-refractivity contribution is 0.220. The van der Waals surface area contributed by atoms with Crippen LogP contribution in [0.2, 0.25) is 0 Å². The molecule has 3 aromatic carbocycles. The number of hydrogen-bond donors (Lipinski definition) is 1. The number of methoxy groups -OCH3 is 3. The van der Waals surface area contributed by atoms with Crippen LogP contribution in [0.25, 0.3) is 5.70 Å². The summed E-state index contributed by atoms with van der Waals surface area (Å²) >= 11 is 0. The monoisotopic (exact) mass is 486 g/mol. The van der Waals surface area contributed by atoms with Crippen molar-refractivity contribution in [1.82, 2.24) is 14.8 Å². The van der Waals surface area contributed by atoms with Gasteiger partial charge in [0.1, 0.15) is 30.0 Å². The highest BCUT2D eigenvalue weighted by Crippen LogP contribution is 2.52. The Kier molecular flexibility index (Phi) is 5.25. The van der Waals surface area contributed by atoms with E-state index in [0.29, 0.717) is 34.5 Å². The Morgan fingerprint density at radius 2 is 1.67 bits per heavy atom. The van der Waals surface area contributed by atoms with Gasteiger partial charge in [-0.1, -0.05) is 30.3 Å². The number of anilines is 1. The number of ether oxygens (including phenoxy) is 4. The largest absolute Gasteiger partial charge is 0.493 e. The fourth-order valence-electron chi connectivity index (χ4n) is 4.94. The summed E-state index contributed by atoms with van der Waals surface area (Å²) < 4.78 is 40.3. The molecule has 3 heterocycles. The van der Waals surface area contributed by atoms with Crippen LogP contribution in [0.4, 0.5) is 10.3 Å². The van der Waals surface area contributed by atoms with Crippen LogP contribution in [-0.4, -0.2) is 36.1 Å². The molecule has 182 valence electrons. The summed E-state index contributed by atoms with van der Waals surface area (Å²) in [5, 5.41) is 7.86. The zero-order chi connectivity index (χ0) is 24.8. The predicted octanol–water partition coefficient (Wildman–Crippen LogP) is 5.00. The molecule has 0 saturated carbocycles. The van der Waals surface area contributed by atoms with E-state index in [0.717, 1.165) is 22.4 Å². The standard InChI is InChI=1S/C27H23FN4O4/c1-33-20-12-15(13-21(34-2)26(20)35-3)25-22-23(17-9-5-7-11-19(17)36-25)31-27-29-14-30-32(27)24(22)16-8-4-6-10-18(16)28/h4-14,24-25H,1-3H3,(H,29,30,31)/t24-,25+/m0/s1. The summed E-state index contributed by atoms with van der Waals surface area (Å²) in [5.41, 5.74) is 3.64. The van der Waals surface area contributed by atoms with E-state index in [2.05, 4.69) is 15.4 Å². The molecular weight excluding hydrogens is 463 g/mol. The highest BCUT2D eigenvalue weighted by atomic mass is 19.1. The molecule has 0 saturated heterocycles. The first kappa shape index (κ1) is 22.0. The van der Waals surface area contributed by atoms with Crippen molar-refractivity contribution < 1.29 is 23.3 Å². The Hall–Kier alpha value is -4.53. The van der Waals surface area contributed by atoms with Crippen LogP contribution in [-0.2, 0) is 0 Å². The molecule has 8 nitrogen and oxygen atoms in total. The number of nitrogens with one attached hydrogen (secondary N) is 1. The molecule has 2 aliphatic rings. The normalized spacial score (nSPS) is 17.8. The zero-order valence-electron chi connectivity index (χ0n) is 19.9. The predicted molar refractivity (Wildman–Crippen MR) is 131 cm³/mol. The molecule has 9 heteroatoms. The van der Waals surface area contributed by atoms with Gasteiger partial charge in [-0.2, -0.15) is 10.1 Å². The number of nitrogens with zero attached hydrogens (tertiary/aromatic N) is 3. The summed E-state index contributed by atoms with van der Waals surface area (Å²) in [7, 11) is 4.68. The van der Waals surface area contributed by atoms with Gasteiger partial charge in [0.15, 0.2) is 11.5 Å². The summed E-state index contributed by atoms with van der Waals surface area (Å²) in [6, 6.07) is 17.5. The van der Waals surface area contributed by atoms with Crippen molar-refractivity contribution in [3.05, 3.63) is 95.1 Å². The van der Waals surface area contributed by atoms with E-state index in [1.54, 1.807) is 38.1 Å². The molecule has 2 aliphatic heterocycles. The van der Waals surface area contributed by atoms with Crippen molar-refractivity contribution in [3.63, 3.8) is 0 Å². The van der Waals surface area contributed by atoms with E-state index >= 15 is 4.39 Å². The molecule has 2 atom stereocenters. The lowest BCUT2D eigenvalue weighted by Crippen LogP contribution is -2.32. The lowest BCUT2D eigenvalue weighted by atomic mass is 9.84. The van der Waals surface area contributed by atoms with Crippen molar-refractivity contribution in [2.45, 2.75) is 12.1 Å². The van der Waals surface area contributed by atoms with Gasteiger partial charge in [0.05, 0.1) is 27.0 Å². The second kappa shape index (κ2) is 8.60. The van der Waals surface area contributed by atoms with Gasteiger partial charge in [0.2, 0.25) is 11.7 Å². The number of benzene rings is 3. The van der Waals surface area contributed by atoms with Gasteiger partial charge < -0.3 is 24.3 Å². The van der Waals surface area contributed by atoms with Gasteiger partial charge in [-0.05, 0) is 30.3 Å². The molecule has 0 amide bonds. The van der Waals surface area contributed by atoms with Crippen LogP contribution >= 0.6 is 0 Å². The topological polar surface area (TPSA) is 79.7 Å². The first-order valence-corrected chi connectivity index (χ1v) is 11.4. The first-order valence-electron chi connectivity index (χ1n) is 11.4. The molecule has 0 bridgehead atoms. The number of hydrogen-bond acceptors (Lipinski definition) is 7. The number of rotatable bonds is 5. The minimum atomic E-state index is -0.627. The van der Waals surface area contributed by atoms with Crippen LogP contribution in [0.5, 0.6) is 23.0 Å². The second-order valence-electron chi connectivity index (χ2n) is 8.36. The van der Waals surface area contributed by atoms with E-state index in [4.69, 9.17) is 18.9 Å². The smallest absolute Gasteiger partial charge is 0.226 e. The molecule has 6 rings (SSSR count). The highest BCUT2D eigenvalue weighted by molar-refractivity contribution is 5.85. The first-order chi connectivity index (χ1) is 17.6. The Morgan fingerprint density at radius 3 is 2.39 bits per heavy atom. The van der Waals surface area contributed by atoms with Crippen molar-refractivity contribution in [2.75, 3.05) is 26.6 Å². The fraction of sp³-hybridized carbons (Fsp3) is 0.185. The van der Waals surface area contributed by atoms with Gasteiger partial charge >= 0.3 is 0 Å². The van der Waals surface area contributed by atoms with Crippen molar-refractivity contribution >= 4 is 11.6 Å². The minimum absolute atomic E-state index is 0.347. The van der Waals surface area contributed by atoms with Gasteiger partial charge in [-0.15, -0.1) is 0 Å². The van der Waals surface area contributed by atoms with Gasteiger partial charge in [0.25, 0.3) is 0 Å². The molecule has 36 heavy (non-hydrogen) atoms. The summed E-state index contributed by atoms with van der Waals surface area (Å²) in [5.74, 6) is 2.30. The average molecular weight is 487 g/mol. The van der Waals surface area contributed by atoms with Gasteiger partial charge in [-0.25, -0.2) is 9.07 Å². The molecule has 0 spiro atoms. The molecular formula is C27H23FN4O4. The Morgan fingerprint density at radius 1 is 0.944 bits per heavy atom. The minimum Gasteiger partial charge on any atom is -0.493 e. The third kappa shape index (κ3) is 3.27. The summed E-state index contributed by atoms with van der Waals surface area (Å²) in [6.45, 7) is 0. The van der Waals surface area contributed by atoms with Crippen LogP contribution in [0.15, 0.2) is 72.6 Å². The van der Waals surface area contributed by atoms with Crippen LogP contribution in [0, 0.1) is 5.82 Å². The lowest BCUT2D eigenvalue weighted by Gasteiger charge is -2.39. The Balaban J connectivity index is 1.64. The van der Waals surface area contributed by atoms with Crippen molar-refractivity contribution in [2.24, 2.45) is 0 Å². The van der Waals surface area contributed by atoms with E-state index in [9.17, 15) is 0 Å². The summed E-state index contributed by atoms with van der Waals surface area (Å²) in [6.07, 6.45) is 0.827. The van der Waals surface area contributed by atoms with Crippen LogP contribution < -0.4 is 24.3 Å². The third-order valence-corrected chi connectivity index (χ3v) is 6.51. The number of aromatic nitrogens is 3. The molecule has 0 unspecified atom stereocenters. The van der Waals surface area contributed by atoms with Crippen LogP contribution in [0.3, 0.4) is 0 Å². The van der Waals surface area contributed by atoms with Crippen molar-refractivity contribution in [3.8, 4) is 23.0 Å². The third-order valence-electron chi connectivity index (χ3n) is 6.51. The fourth-order valence-corrected chi connectivity index (χ4v) is 4.94. The van der Waals surface area contributed by atoms with Gasteiger partial charge in [-0.3, -0.25) is 0 Å². The Bertz CT molecular complexity index is 1470. The SMILES string of the molecule is COc1cc([C@H]2Oc3ccccc3C3=C2[C@H](c2ccccc2F)n2ncnc2N3)cc(OC)c1OC. The molecule has 0 aliphatic carbocycles. The molecule has 4 aromatic rings. The maximum atomic E-state index is 15.3.